The Morgan fingerprint density at radius 2 is 1.88 bits per heavy atom. The molecule has 3 aliphatic carbocycles. The zero-order chi connectivity index (χ0) is 19.5. The molecule has 5 heteroatoms. The Morgan fingerprint density at radius 3 is 2.46 bits per heavy atom. The molecule has 0 aromatic heterocycles. The fourth-order valence-corrected chi connectivity index (χ4v) is 5.26. The van der Waals surface area contributed by atoms with Crippen LogP contribution in [0.1, 0.15) is 40.5 Å². The second-order valence-corrected chi connectivity index (χ2v) is 8.48. The maximum atomic E-state index is 12.7. The first-order chi connectivity index (χ1) is 12.0. The second-order valence-electron chi connectivity index (χ2n) is 8.48. The predicted molar refractivity (Wildman–Crippen MR) is 94.6 cm³/mol. The van der Waals surface area contributed by atoms with Crippen LogP contribution in [0.5, 0.6) is 0 Å². The quantitative estimate of drug-likeness (QED) is 0.534. The first kappa shape index (κ1) is 18.3. The maximum absolute atomic E-state index is 12.7. The van der Waals surface area contributed by atoms with Crippen molar-refractivity contribution in [2.45, 2.75) is 40.5 Å². The van der Waals surface area contributed by atoms with Gasteiger partial charge in [-0.2, -0.15) is 5.26 Å². The largest absolute Gasteiger partial charge is 0.465 e. The van der Waals surface area contributed by atoms with Gasteiger partial charge in [0, 0.05) is 16.2 Å². The summed E-state index contributed by atoms with van der Waals surface area (Å²) in [5, 5.41) is 9.46. The van der Waals surface area contributed by atoms with Crippen molar-refractivity contribution < 1.29 is 19.1 Å². The Hall–Kier alpha value is -2.48. The molecule has 0 aromatic carbocycles. The van der Waals surface area contributed by atoms with Gasteiger partial charge in [0.25, 0.3) is 0 Å². The van der Waals surface area contributed by atoms with Crippen LogP contribution < -0.4 is 0 Å². The molecular formula is C21H23NO4. The lowest BCUT2D eigenvalue weighted by atomic mass is 9.45. The number of Topliss-reactive ketones (excluding diaryl/α,β-unsaturated/α-hetero) is 1. The zero-order valence-corrected chi connectivity index (χ0v) is 15.8. The molecule has 0 N–H and O–H groups in total. The van der Waals surface area contributed by atoms with Crippen molar-refractivity contribution in [2.24, 2.45) is 22.2 Å². The number of carbonyl (C=O) groups excluding carboxylic acids is 3. The van der Waals surface area contributed by atoms with Gasteiger partial charge in [-0.3, -0.25) is 9.59 Å². The number of ether oxygens (including phenoxy) is 1. The highest BCUT2D eigenvalue weighted by atomic mass is 16.5. The Bertz CT molecular complexity index is 867. The fraction of sp³-hybridized carbons (Fsp3) is 0.524. The van der Waals surface area contributed by atoms with Crippen molar-refractivity contribution >= 4 is 17.5 Å². The third kappa shape index (κ3) is 2.25. The smallest absolute Gasteiger partial charge is 0.341 e. The second kappa shape index (κ2) is 5.51. The molecule has 0 amide bonds. The molecule has 0 aliphatic heterocycles. The highest BCUT2D eigenvalue weighted by Gasteiger charge is 2.58. The normalized spacial score (nSPS) is 35.2. The number of methoxy groups -OCH3 is 1. The minimum atomic E-state index is -0.688. The summed E-state index contributed by atoms with van der Waals surface area (Å²) in [6.45, 7) is 7.76. The van der Waals surface area contributed by atoms with E-state index in [1.807, 2.05) is 33.8 Å². The summed E-state index contributed by atoms with van der Waals surface area (Å²) in [5.41, 5.74) is -0.705. The summed E-state index contributed by atoms with van der Waals surface area (Å²) in [6, 6.07) is 2.03. The van der Waals surface area contributed by atoms with Gasteiger partial charge in [-0.25, -0.2) is 4.79 Å². The number of fused-ring (bicyclic) bond motifs is 3. The summed E-state index contributed by atoms with van der Waals surface area (Å²) < 4.78 is 4.74. The van der Waals surface area contributed by atoms with E-state index in [9.17, 15) is 19.6 Å². The number of nitrogens with zero attached hydrogens (tertiary/aromatic N) is 1. The van der Waals surface area contributed by atoms with E-state index in [1.54, 1.807) is 12.2 Å². The minimum absolute atomic E-state index is 0.0141. The molecule has 0 radical (unpaired) electrons. The first-order valence-electron chi connectivity index (χ1n) is 8.77. The van der Waals surface area contributed by atoms with E-state index in [0.717, 1.165) is 18.4 Å². The molecule has 26 heavy (non-hydrogen) atoms. The lowest BCUT2D eigenvalue weighted by Crippen LogP contribution is -2.53. The molecular weight excluding hydrogens is 330 g/mol. The number of carbonyl (C=O) groups is 3. The van der Waals surface area contributed by atoms with Crippen LogP contribution >= 0.6 is 0 Å². The van der Waals surface area contributed by atoms with E-state index in [1.165, 1.54) is 13.2 Å². The molecule has 3 aliphatic rings. The topological polar surface area (TPSA) is 84.2 Å². The zero-order valence-electron chi connectivity index (χ0n) is 15.8. The summed E-state index contributed by atoms with van der Waals surface area (Å²) in [7, 11) is 1.26. The van der Waals surface area contributed by atoms with Crippen molar-refractivity contribution in [3.63, 3.8) is 0 Å². The van der Waals surface area contributed by atoms with Crippen molar-refractivity contribution in [3.05, 3.63) is 34.9 Å². The van der Waals surface area contributed by atoms with Crippen LogP contribution in [0.15, 0.2) is 34.9 Å². The van der Waals surface area contributed by atoms with Crippen molar-refractivity contribution in [1.29, 1.82) is 5.26 Å². The molecule has 1 fully saturated rings. The maximum Gasteiger partial charge on any atom is 0.341 e. The molecule has 5 nitrogen and oxygen atoms in total. The number of hydrogen-bond donors (Lipinski definition) is 0. The van der Waals surface area contributed by atoms with Gasteiger partial charge in [0.1, 0.15) is 11.6 Å². The van der Waals surface area contributed by atoms with Crippen LogP contribution in [0.4, 0.5) is 0 Å². The van der Waals surface area contributed by atoms with Crippen LogP contribution in [0.2, 0.25) is 0 Å². The van der Waals surface area contributed by atoms with Crippen LogP contribution in [-0.2, 0) is 19.1 Å². The summed E-state index contributed by atoms with van der Waals surface area (Å²) >= 11 is 0. The molecule has 1 saturated carbocycles. The van der Waals surface area contributed by atoms with Crippen LogP contribution in [0, 0.1) is 33.5 Å². The van der Waals surface area contributed by atoms with Gasteiger partial charge in [0.15, 0.2) is 11.6 Å². The predicted octanol–water partition coefficient (Wildman–Crippen LogP) is 3.08. The molecule has 136 valence electrons. The number of allylic oxidation sites excluding steroid dienone is 5. The van der Waals surface area contributed by atoms with Gasteiger partial charge in [-0.1, -0.05) is 39.8 Å². The molecule has 0 bridgehead atoms. The van der Waals surface area contributed by atoms with Crippen molar-refractivity contribution in [3.8, 4) is 6.07 Å². The van der Waals surface area contributed by atoms with E-state index in [-0.39, 0.29) is 28.6 Å². The molecule has 3 atom stereocenters. The first-order valence-corrected chi connectivity index (χ1v) is 8.77. The highest BCUT2D eigenvalue weighted by molar-refractivity contribution is 6.23. The molecule has 0 heterocycles. The monoisotopic (exact) mass is 353 g/mol. The van der Waals surface area contributed by atoms with E-state index in [0.29, 0.717) is 0 Å². The lowest BCUT2D eigenvalue weighted by molar-refractivity contribution is -0.137. The SMILES string of the molecule is COC(=O)C1=C[C@]2(C)CC[C@H]3C(C)(C)C(=O)C(C#N)=C[C@]3(C)C2=CC1=O. The third-order valence-corrected chi connectivity index (χ3v) is 6.55. The average Bonchev–Trinajstić information content (AvgIpc) is 2.58. The standard InChI is InChI=1S/C21H23NO4/c1-19(2)15-6-7-20(3)10-13(18(25)26-5)14(23)8-16(20)21(15,4)9-12(11-22)17(19)24/h8-10,15H,6-7H2,1-5H3/t15-,20-,21-/m0/s1. The van der Waals surface area contributed by atoms with Gasteiger partial charge in [-0.05, 0) is 30.4 Å². The van der Waals surface area contributed by atoms with Crippen LogP contribution in [0.25, 0.3) is 0 Å². The van der Waals surface area contributed by atoms with Crippen LogP contribution in [-0.4, -0.2) is 24.6 Å². The number of ketones is 2. The van der Waals surface area contributed by atoms with Gasteiger partial charge < -0.3 is 4.74 Å². The van der Waals surface area contributed by atoms with Gasteiger partial charge >= 0.3 is 5.97 Å². The summed E-state index contributed by atoms with van der Waals surface area (Å²) in [5.74, 6) is -1.17. The molecule has 3 rings (SSSR count). The summed E-state index contributed by atoms with van der Waals surface area (Å²) in [6.07, 6.45) is 6.45. The molecule has 0 saturated heterocycles. The number of rotatable bonds is 1. The number of nitriles is 1. The van der Waals surface area contributed by atoms with E-state index < -0.39 is 22.2 Å². The highest BCUT2D eigenvalue weighted by Crippen LogP contribution is 2.63. The molecule has 0 aromatic rings. The van der Waals surface area contributed by atoms with Crippen LogP contribution in [0.3, 0.4) is 0 Å². The van der Waals surface area contributed by atoms with Crippen molar-refractivity contribution in [1.82, 2.24) is 0 Å². The molecule has 0 spiro atoms. The third-order valence-electron chi connectivity index (χ3n) is 6.55. The summed E-state index contributed by atoms with van der Waals surface area (Å²) in [4.78, 5) is 37.3. The van der Waals surface area contributed by atoms with Gasteiger partial charge in [-0.15, -0.1) is 0 Å². The lowest BCUT2D eigenvalue weighted by Gasteiger charge is -2.57. The van der Waals surface area contributed by atoms with E-state index in [4.69, 9.17) is 4.74 Å². The fourth-order valence-electron chi connectivity index (χ4n) is 5.26. The van der Waals surface area contributed by atoms with Gasteiger partial charge in [0.05, 0.1) is 12.7 Å². The number of hydrogen-bond acceptors (Lipinski definition) is 5. The Morgan fingerprint density at radius 1 is 1.23 bits per heavy atom. The van der Waals surface area contributed by atoms with Crippen molar-refractivity contribution in [2.75, 3.05) is 7.11 Å². The molecule has 0 unspecified atom stereocenters. The Kier molecular flexibility index (Phi) is 3.88. The van der Waals surface area contributed by atoms with E-state index >= 15 is 0 Å². The average molecular weight is 353 g/mol. The van der Waals surface area contributed by atoms with E-state index in [2.05, 4.69) is 0 Å². The minimum Gasteiger partial charge on any atom is -0.465 e. The Labute approximate surface area is 153 Å². The van der Waals surface area contributed by atoms with Gasteiger partial charge in [0.2, 0.25) is 0 Å². The number of esters is 1. The Balaban J connectivity index is 2.21.